The summed E-state index contributed by atoms with van der Waals surface area (Å²) in [7, 11) is 0. The maximum absolute atomic E-state index is 5.71. The second-order valence-electron chi connectivity index (χ2n) is 7.40. The lowest BCUT2D eigenvalue weighted by Crippen LogP contribution is -2.36. The van der Waals surface area contributed by atoms with Crippen molar-refractivity contribution in [2.45, 2.75) is 40.7 Å². The van der Waals surface area contributed by atoms with Gasteiger partial charge in [-0.1, -0.05) is 24.3 Å². The molecule has 32 heavy (non-hydrogen) atoms. The molecule has 3 rings (SSSR count). The van der Waals surface area contributed by atoms with Gasteiger partial charge in [0.2, 0.25) is 0 Å². The Morgan fingerprint density at radius 1 is 0.969 bits per heavy atom. The number of aryl methyl sites for hydroxylation is 1. The summed E-state index contributed by atoms with van der Waals surface area (Å²) in [6.45, 7) is 10.6. The number of hydrogen-bond donors (Lipinski definition) is 2. The van der Waals surface area contributed by atoms with Gasteiger partial charge in [0.05, 0.1) is 24.6 Å². The average molecular weight is 453 g/mol. The number of thiocarbonyl (C=S) groups is 1. The quantitative estimate of drug-likeness (QED) is 0.442. The first-order chi connectivity index (χ1) is 15.5. The molecule has 0 aliphatic rings. The van der Waals surface area contributed by atoms with Crippen molar-refractivity contribution < 1.29 is 9.47 Å². The van der Waals surface area contributed by atoms with Crippen molar-refractivity contribution in [3.05, 3.63) is 71.0 Å². The van der Waals surface area contributed by atoms with Gasteiger partial charge in [0, 0.05) is 24.3 Å². The Balaban J connectivity index is 1.52. The van der Waals surface area contributed by atoms with Crippen LogP contribution >= 0.6 is 12.2 Å². The fourth-order valence-electron chi connectivity index (χ4n) is 3.55. The number of aromatic nitrogens is 2. The molecule has 0 atom stereocenters. The van der Waals surface area contributed by atoms with Crippen LogP contribution in [-0.2, 0) is 13.0 Å². The van der Waals surface area contributed by atoms with Crippen LogP contribution in [0.1, 0.15) is 36.4 Å². The minimum Gasteiger partial charge on any atom is -0.490 e. The minimum atomic E-state index is 0.607. The first-order valence-electron chi connectivity index (χ1n) is 11.0. The Hall–Kier alpha value is -3.06. The third-order valence-electron chi connectivity index (χ3n) is 5.17. The first-order valence-corrected chi connectivity index (χ1v) is 11.4. The average Bonchev–Trinajstić information content (AvgIpc) is 3.08. The van der Waals surface area contributed by atoms with Crippen LogP contribution in [0.4, 0.5) is 0 Å². The van der Waals surface area contributed by atoms with Crippen molar-refractivity contribution in [1.82, 2.24) is 20.4 Å². The summed E-state index contributed by atoms with van der Waals surface area (Å²) in [6, 6.07) is 16.2. The molecule has 170 valence electrons. The van der Waals surface area contributed by atoms with E-state index in [0.717, 1.165) is 47.1 Å². The van der Waals surface area contributed by atoms with E-state index in [-0.39, 0.29) is 0 Å². The van der Waals surface area contributed by atoms with Crippen molar-refractivity contribution in [3.8, 4) is 17.2 Å². The number of para-hydroxylation sites is 1. The molecule has 0 saturated heterocycles. The van der Waals surface area contributed by atoms with Crippen LogP contribution in [0.2, 0.25) is 0 Å². The fourth-order valence-corrected chi connectivity index (χ4v) is 3.73. The minimum absolute atomic E-state index is 0.607. The SMILES string of the molecule is CCOc1ccc(CCNC(=S)NCc2c(C)nn(-c3ccccc3)c2C)cc1OCC. The highest BCUT2D eigenvalue weighted by molar-refractivity contribution is 7.80. The smallest absolute Gasteiger partial charge is 0.166 e. The number of ether oxygens (including phenoxy) is 2. The molecule has 0 aliphatic carbocycles. The molecule has 0 fully saturated rings. The molecular formula is C25H32N4O2S. The number of nitrogens with zero attached hydrogens (tertiary/aromatic N) is 2. The van der Waals surface area contributed by atoms with Crippen LogP contribution in [0, 0.1) is 13.8 Å². The van der Waals surface area contributed by atoms with E-state index in [0.29, 0.717) is 24.9 Å². The van der Waals surface area contributed by atoms with E-state index in [1.54, 1.807) is 0 Å². The lowest BCUT2D eigenvalue weighted by atomic mass is 10.1. The number of rotatable bonds is 10. The predicted octanol–water partition coefficient (Wildman–Crippen LogP) is 4.49. The largest absolute Gasteiger partial charge is 0.490 e. The zero-order valence-electron chi connectivity index (χ0n) is 19.3. The Morgan fingerprint density at radius 3 is 2.41 bits per heavy atom. The van der Waals surface area contributed by atoms with Gasteiger partial charge in [-0.3, -0.25) is 0 Å². The van der Waals surface area contributed by atoms with Crippen molar-refractivity contribution >= 4 is 17.3 Å². The first kappa shape index (κ1) is 23.6. The maximum atomic E-state index is 5.71. The Morgan fingerprint density at radius 2 is 1.69 bits per heavy atom. The van der Waals surface area contributed by atoms with E-state index in [2.05, 4.69) is 35.8 Å². The second-order valence-corrected chi connectivity index (χ2v) is 7.81. The Bertz CT molecular complexity index is 1030. The normalized spacial score (nSPS) is 10.6. The van der Waals surface area contributed by atoms with Gasteiger partial charge >= 0.3 is 0 Å². The molecule has 0 bridgehead atoms. The highest BCUT2D eigenvalue weighted by Gasteiger charge is 2.13. The molecule has 2 aromatic carbocycles. The number of benzene rings is 2. The zero-order valence-corrected chi connectivity index (χ0v) is 20.1. The molecule has 0 unspecified atom stereocenters. The van der Waals surface area contributed by atoms with E-state index in [1.165, 1.54) is 5.56 Å². The van der Waals surface area contributed by atoms with Crippen molar-refractivity contribution in [3.63, 3.8) is 0 Å². The zero-order chi connectivity index (χ0) is 22.9. The third kappa shape index (κ3) is 6.01. The predicted molar refractivity (Wildman–Crippen MR) is 133 cm³/mol. The van der Waals surface area contributed by atoms with Gasteiger partial charge in [-0.25, -0.2) is 4.68 Å². The molecule has 0 amide bonds. The van der Waals surface area contributed by atoms with Crippen LogP contribution in [0.5, 0.6) is 11.5 Å². The highest BCUT2D eigenvalue weighted by atomic mass is 32.1. The topological polar surface area (TPSA) is 60.3 Å². The molecule has 0 radical (unpaired) electrons. The van der Waals surface area contributed by atoms with E-state index in [9.17, 15) is 0 Å². The monoisotopic (exact) mass is 452 g/mol. The van der Waals surface area contributed by atoms with Gasteiger partial charge < -0.3 is 20.1 Å². The molecule has 6 nitrogen and oxygen atoms in total. The second kappa shape index (κ2) is 11.5. The van der Waals surface area contributed by atoms with E-state index >= 15 is 0 Å². The Kier molecular flexibility index (Phi) is 8.50. The van der Waals surface area contributed by atoms with Gasteiger partial charge in [-0.2, -0.15) is 5.10 Å². The summed E-state index contributed by atoms with van der Waals surface area (Å²) in [5, 5.41) is 11.9. The van der Waals surface area contributed by atoms with E-state index < -0.39 is 0 Å². The molecule has 3 aromatic rings. The van der Waals surface area contributed by atoms with Crippen molar-refractivity contribution in [2.75, 3.05) is 19.8 Å². The van der Waals surface area contributed by atoms with Crippen LogP contribution in [0.25, 0.3) is 5.69 Å². The molecular weight excluding hydrogens is 420 g/mol. The van der Waals surface area contributed by atoms with Gasteiger partial charge in [-0.15, -0.1) is 0 Å². The summed E-state index contributed by atoms with van der Waals surface area (Å²) >= 11 is 5.48. The van der Waals surface area contributed by atoms with Crippen molar-refractivity contribution in [2.24, 2.45) is 0 Å². The molecule has 0 saturated carbocycles. The molecule has 2 N–H and O–H groups in total. The standard InChI is InChI=1S/C25H32N4O2S/c1-5-30-23-13-12-20(16-24(23)31-6-2)14-15-26-25(32)27-17-22-18(3)28-29(19(22)4)21-10-8-7-9-11-21/h7-13,16H,5-6,14-15,17H2,1-4H3,(H2,26,27,32). The summed E-state index contributed by atoms with van der Waals surface area (Å²) in [5.41, 5.74) is 5.50. The van der Waals surface area contributed by atoms with Gasteiger partial charge in [-0.05, 0) is 76.2 Å². The molecule has 7 heteroatoms. The highest BCUT2D eigenvalue weighted by Crippen LogP contribution is 2.28. The van der Waals surface area contributed by atoms with Gasteiger partial charge in [0.1, 0.15) is 0 Å². The van der Waals surface area contributed by atoms with Crippen LogP contribution < -0.4 is 20.1 Å². The lowest BCUT2D eigenvalue weighted by Gasteiger charge is -2.14. The van der Waals surface area contributed by atoms with E-state index in [1.807, 2.05) is 55.8 Å². The van der Waals surface area contributed by atoms with Crippen LogP contribution in [-0.4, -0.2) is 34.7 Å². The molecule has 1 heterocycles. The molecule has 1 aromatic heterocycles. The third-order valence-corrected chi connectivity index (χ3v) is 5.46. The van der Waals surface area contributed by atoms with Gasteiger partial charge in [0.15, 0.2) is 16.6 Å². The number of hydrogen-bond acceptors (Lipinski definition) is 4. The summed E-state index contributed by atoms with van der Waals surface area (Å²) in [6.07, 6.45) is 0.832. The maximum Gasteiger partial charge on any atom is 0.166 e. The van der Waals surface area contributed by atoms with Gasteiger partial charge in [0.25, 0.3) is 0 Å². The van der Waals surface area contributed by atoms with E-state index in [4.69, 9.17) is 26.8 Å². The summed E-state index contributed by atoms with van der Waals surface area (Å²) < 4.78 is 13.3. The van der Waals surface area contributed by atoms with Crippen molar-refractivity contribution in [1.29, 1.82) is 0 Å². The lowest BCUT2D eigenvalue weighted by molar-refractivity contribution is 0.287. The summed E-state index contributed by atoms with van der Waals surface area (Å²) in [4.78, 5) is 0. The molecule has 0 aliphatic heterocycles. The molecule has 0 spiro atoms. The van der Waals surface area contributed by atoms with Crippen LogP contribution in [0.3, 0.4) is 0 Å². The fraction of sp³-hybridized carbons (Fsp3) is 0.360. The number of nitrogens with one attached hydrogen (secondary N) is 2. The summed E-state index contributed by atoms with van der Waals surface area (Å²) in [5.74, 6) is 1.57. The van der Waals surface area contributed by atoms with Crippen LogP contribution in [0.15, 0.2) is 48.5 Å². The Labute approximate surface area is 195 Å².